The summed E-state index contributed by atoms with van der Waals surface area (Å²) < 4.78 is 10.8. The van der Waals surface area contributed by atoms with Gasteiger partial charge in [0.2, 0.25) is 5.88 Å². The topological polar surface area (TPSA) is 106 Å². The molecule has 2 aromatic carbocycles. The van der Waals surface area contributed by atoms with Gasteiger partial charge in [0.05, 0.1) is 18.6 Å². The molecular formula is C20H14N2O4. The molecule has 0 saturated carbocycles. The number of ketones is 1. The zero-order valence-electron chi connectivity index (χ0n) is 13.8. The van der Waals surface area contributed by atoms with Crippen LogP contribution in [0, 0.1) is 11.3 Å². The zero-order valence-corrected chi connectivity index (χ0v) is 13.8. The second-order valence-electron chi connectivity index (χ2n) is 5.97. The number of carbonyl (C=O) groups is 1. The van der Waals surface area contributed by atoms with Crippen molar-refractivity contribution in [2.24, 2.45) is 5.73 Å². The number of ether oxygens (including phenoxy) is 2. The third-order valence-corrected chi connectivity index (χ3v) is 4.62. The maximum Gasteiger partial charge on any atom is 0.205 e. The molecule has 1 heterocycles. The van der Waals surface area contributed by atoms with Crippen molar-refractivity contribution in [3.8, 4) is 17.6 Å². The van der Waals surface area contributed by atoms with Crippen LogP contribution in [0.5, 0.6) is 11.5 Å². The second-order valence-corrected chi connectivity index (χ2v) is 5.97. The van der Waals surface area contributed by atoms with Gasteiger partial charge in [0, 0.05) is 11.1 Å². The van der Waals surface area contributed by atoms with Crippen LogP contribution in [-0.4, -0.2) is 18.0 Å². The molecule has 4 rings (SSSR count). The Kier molecular flexibility index (Phi) is 3.44. The van der Waals surface area contributed by atoms with Gasteiger partial charge in [-0.15, -0.1) is 0 Å². The summed E-state index contributed by atoms with van der Waals surface area (Å²) in [6, 6.07) is 13.8. The lowest BCUT2D eigenvalue weighted by atomic mass is 9.82. The van der Waals surface area contributed by atoms with Gasteiger partial charge in [-0.1, -0.05) is 30.3 Å². The molecule has 26 heavy (non-hydrogen) atoms. The monoisotopic (exact) mass is 346 g/mol. The van der Waals surface area contributed by atoms with E-state index in [1.54, 1.807) is 30.3 Å². The van der Waals surface area contributed by atoms with E-state index >= 15 is 0 Å². The molecule has 0 fully saturated rings. The number of Topliss-reactive ketones (excluding diaryl/α,β-unsaturated/α-hetero) is 1. The van der Waals surface area contributed by atoms with Crippen LogP contribution in [0.15, 0.2) is 59.5 Å². The Bertz CT molecular complexity index is 1060. The minimum atomic E-state index is -0.696. The van der Waals surface area contributed by atoms with Crippen LogP contribution in [-0.2, 0) is 4.74 Å². The molecule has 1 aliphatic heterocycles. The quantitative estimate of drug-likeness (QED) is 0.866. The summed E-state index contributed by atoms with van der Waals surface area (Å²) in [5.74, 6) is -0.345. The highest BCUT2D eigenvalue weighted by Crippen LogP contribution is 2.48. The molecule has 0 amide bonds. The Morgan fingerprint density at radius 1 is 1.23 bits per heavy atom. The van der Waals surface area contributed by atoms with Gasteiger partial charge in [-0.25, -0.2) is 0 Å². The second kappa shape index (κ2) is 5.67. The summed E-state index contributed by atoms with van der Waals surface area (Å²) in [4.78, 5) is 13.0. The highest BCUT2D eigenvalue weighted by molar-refractivity contribution is 6.21. The van der Waals surface area contributed by atoms with Gasteiger partial charge in [0.25, 0.3) is 0 Å². The lowest BCUT2D eigenvalue weighted by molar-refractivity contribution is 0.103. The Morgan fingerprint density at radius 2 is 1.96 bits per heavy atom. The summed E-state index contributed by atoms with van der Waals surface area (Å²) >= 11 is 0. The Hall–Kier alpha value is -3.72. The van der Waals surface area contributed by atoms with Gasteiger partial charge < -0.3 is 20.3 Å². The van der Waals surface area contributed by atoms with Crippen LogP contribution in [0.4, 0.5) is 0 Å². The van der Waals surface area contributed by atoms with E-state index in [0.717, 1.165) is 0 Å². The zero-order chi connectivity index (χ0) is 18.4. The number of methoxy groups -OCH3 is 1. The highest BCUT2D eigenvalue weighted by Gasteiger charge is 2.42. The largest absolute Gasteiger partial charge is 0.504 e. The van der Waals surface area contributed by atoms with Crippen LogP contribution in [0.25, 0.3) is 5.76 Å². The molecule has 1 unspecified atom stereocenters. The third-order valence-electron chi connectivity index (χ3n) is 4.62. The number of rotatable bonds is 2. The molecule has 128 valence electrons. The average molecular weight is 346 g/mol. The first-order valence-electron chi connectivity index (χ1n) is 7.89. The molecule has 6 heteroatoms. The Morgan fingerprint density at radius 3 is 2.65 bits per heavy atom. The first-order chi connectivity index (χ1) is 12.6. The van der Waals surface area contributed by atoms with E-state index in [2.05, 4.69) is 6.07 Å². The molecule has 0 bridgehead atoms. The minimum Gasteiger partial charge on any atom is -0.504 e. The Labute approximate surface area is 149 Å². The lowest BCUT2D eigenvalue weighted by Crippen LogP contribution is -2.21. The third kappa shape index (κ3) is 2.07. The van der Waals surface area contributed by atoms with Crippen LogP contribution in [0.1, 0.15) is 27.4 Å². The van der Waals surface area contributed by atoms with E-state index in [4.69, 9.17) is 15.2 Å². The molecular weight excluding hydrogens is 332 g/mol. The van der Waals surface area contributed by atoms with Crippen LogP contribution in [0.3, 0.4) is 0 Å². The number of phenolic OH excluding ortho intramolecular Hbond substituents is 1. The van der Waals surface area contributed by atoms with Gasteiger partial charge in [0.1, 0.15) is 17.4 Å². The molecule has 6 nitrogen and oxygen atoms in total. The molecule has 0 radical (unpaired) electrons. The fraction of sp³-hybridized carbons (Fsp3) is 0.100. The molecule has 0 aromatic heterocycles. The normalized spacial score (nSPS) is 18.2. The molecule has 0 saturated heterocycles. The maximum absolute atomic E-state index is 13.0. The van der Waals surface area contributed by atoms with Gasteiger partial charge in [0.15, 0.2) is 17.3 Å². The maximum atomic E-state index is 13.0. The van der Waals surface area contributed by atoms with E-state index in [1.165, 1.54) is 13.2 Å². The minimum absolute atomic E-state index is 0.0333. The summed E-state index contributed by atoms with van der Waals surface area (Å²) in [6.45, 7) is 0. The first-order valence-corrected chi connectivity index (χ1v) is 7.89. The number of hydrogen-bond donors (Lipinski definition) is 2. The molecule has 1 atom stereocenters. The number of fused-ring (bicyclic) bond motifs is 2. The fourth-order valence-corrected chi connectivity index (χ4v) is 3.42. The van der Waals surface area contributed by atoms with Crippen LogP contribution in [0.2, 0.25) is 0 Å². The summed E-state index contributed by atoms with van der Waals surface area (Å²) in [6.07, 6.45) is 0. The molecule has 2 aromatic rings. The number of benzene rings is 2. The van der Waals surface area contributed by atoms with Crippen molar-refractivity contribution >= 4 is 11.5 Å². The van der Waals surface area contributed by atoms with Crippen molar-refractivity contribution in [2.75, 3.05) is 7.11 Å². The van der Waals surface area contributed by atoms with Gasteiger partial charge in [-0.05, 0) is 17.7 Å². The van der Waals surface area contributed by atoms with Crippen molar-refractivity contribution in [1.82, 2.24) is 0 Å². The van der Waals surface area contributed by atoms with Gasteiger partial charge in [-0.3, -0.25) is 4.79 Å². The number of nitrogens with two attached hydrogens (primary N) is 1. The number of phenols is 1. The Balaban J connectivity index is 1.95. The highest BCUT2D eigenvalue weighted by atomic mass is 16.5. The van der Waals surface area contributed by atoms with Crippen molar-refractivity contribution in [1.29, 1.82) is 5.26 Å². The summed E-state index contributed by atoms with van der Waals surface area (Å²) in [5, 5.41) is 19.5. The van der Waals surface area contributed by atoms with Gasteiger partial charge >= 0.3 is 0 Å². The van der Waals surface area contributed by atoms with Crippen molar-refractivity contribution in [3.05, 3.63) is 76.2 Å². The summed E-state index contributed by atoms with van der Waals surface area (Å²) in [5.41, 5.74) is 8.28. The van der Waals surface area contributed by atoms with E-state index in [1.807, 2.05) is 6.07 Å². The van der Waals surface area contributed by atoms with Crippen molar-refractivity contribution in [3.63, 3.8) is 0 Å². The predicted molar refractivity (Wildman–Crippen MR) is 93.0 cm³/mol. The van der Waals surface area contributed by atoms with Crippen molar-refractivity contribution < 1.29 is 19.4 Å². The smallest absolute Gasteiger partial charge is 0.205 e. The first kappa shape index (κ1) is 15.8. The average Bonchev–Trinajstić information content (AvgIpc) is 2.93. The lowest BCUT2D eigenvalue weighted by Gasteiger charge is -2.25. The van der Waals surface area contributed by atoms with Crippen LogP contribution < -0.4 is 10.5 Å². The molecule has 1 aliphatic carbocycles. The molecule has 0 spiro atoms. The van der Waals surface area contributed by atoms with Crippen LogP contribution >= 0.6 is 0 Å². The van der Waals surface area contributed by atoms with E-state index < -0.39 is 5.92 Å². The van der Waals surface area contributed by atoms with E-state index in [9.17, 15) is 15.2 Å². The fourth-order valence-electron chi connectivity index (χ4n) is 3.42. The number of carbonyl (C=O) groups excluding carboxylic acids is 1. The van der Waals surface area contributed by atoms with E-state index in [-0.39, 0.29) is 28.7 Å². The molecule has 2 aliphatic rings. The van der Waals surface area contributed by atoms with Crippen molar-refractivity contribution in [2.45, 2.75) is 5.92 Å². The van der Waals surface area contributed by atoms with Gasteiger partial charge in [-0.2, -0.15) is 5.26 Å². The number of aromatic hydroxyl groups is 1. The number of hydrogen-bond acceptors (Lipinski definition) is 6. The molecule has 3 N–H and O–H groups in total. The number of nitrogens with zero attached hydrogens (tertiary/aromatic N) is 1. The van der Waals surface area contributed by atoms with E-state index in [0.29, 0.717) is 28.0 Å². The standard InChI is InChI=1S/C20H14N2O4/c1-25-15-8-10(6-7-14(15)23)16-13(9-21)20(22)26-19-12-5-3-2-4-11(12)18(24)17(16)19/h2-8,16,23H,22H2,1H3. The number of nitriles is 1. The number of allylic oxidation sites excluding steroid dienone is 2. The SMILES string of the molecule is COc1cc(C2C(C#N)=C(N)OC3=C2C(=O)c2ccccc23)ccc1O. The summed E-state index contributed by atoms with van der Waals surface area (Å²) in [7, 11) is 1.43. The predicted octanol–water partition coefficient (Wildman–Crippen LogP) is 2.82.